The Labute approximate surface area is 222 Å². The van der Waals surface area contributed by atoms with Gasteiger partial charge >= 0.3 is 5.97 Å². The molecule has 0 saturated carbocycles. The lowest BCUT2D eigenvalue weighted by Gasteiger charge is -2.50. The highest BCUT2D eigenvalue weighted by molar-refractivity contribution is 5.94. The second-order valence-corrected chi connectivity index (χ2v) is 11.1. The number of allylic oxidation sites excluding steroid dienone is 2. The zero-order valence-electron chi connectivity index (χ0n) is 22.0. The predicted octanol–water partition coefficient (Wildman–Crippen LogP) is 5.50. The SMILES string of the molecule is CC1(C)C(c2ccc(C(=O)O)cc2)=CC[C@]2(C)CN(C(=O)c3ccc(=O)n(Cc4ccccc4)c3)CC=C12. The molecule has 38 heavy (non-hydrogen) atoms. The minimum Gasteiger partial charge on any atom is -0.478 e. The number of rotatable bonds is 5. The summed E-state index contributed by atoms with van der Waals surface area (Å²) in [6.07, 6.45) is 6.86. The third-order valence-corrected chi connectivity index (χ3v) is 7.97. The van der Waals surface area contributed by atoms with Crippen molar-refractivity contribution in [3.8, 4) is 0 Å². The zero-order valence-corrected chi connectivity index (χ0v) is 22.0. The van der Waals surface area contributed by atoms with Gasteiger partial charge in [0.1, 0.15) is 0 Å². The lowest BCUT2D eigenvalue weighted by molar-refractivity contribution is 0.0678. The molecule has 194 valence electrons. The van der Waals surface area contributed by atoms with Gasteiger partial charge in [0.2, 0.25) is 0 Å². The third-order valence-electron chi connectivity index (χ3n) is 7.97. The first kappa shape index (κ1) is 25.5. The van der Waals surface area contributed by atoms with Crippen LogP contribution in [-0.4, -0.2) is 39.5 Å². The van der Waals surface area contributed by atoms with Crippen LogP contribution in [0.5, 0.6) is 0 Å². The number of aromatic nitrogens is 1. The maximum absolute atomic E-state index is 13.6. The number of carbonyl (C=O) groups is 2. The van der Waals surface area contributed by atoms with Crippen LogP contribution in [0.25, 0.3) is 5.57 Å². The highest BCUT2D eigenvalue weighted by Gasteiger charge is 2.46. The fourth-order valence-electron chi connectivity index (χ4n) is 6.10. The molecule has 1 atom stereocenters. The summed E-state index contributed by atoms with van der Waals surface area (Å²) in [7, 11) is 0. The number of hydrogen-bond acceptors (Lipinski definition) is 3. The Morgan fingerprint density at radius 2 is 1.58 bits per heavy atom. The van der Waals surface area contributed by atoms with E-state index in [9.17, 15) is 19.5 Å². The molecule has 2 heterocycles. The smallest absolute Gasteiger partial charge is 0.335 e. The van der Waals surface area contributed by atoms with E-state index in [1.54, 1.807) is 29.0 Å². The van der Waals surface area contributed by atoms with E-state index in [-0.39, 0.29) is 27.9 Å². The van der Waals surface area contributed by atoms with Crippen molar-refractivity contribution in [2.24, 2.45) is 10.8 Å². The van der Waals surface area contributed by atoms with Gasteiger partial charge in [-0.2, -0.15) is 0 Å². The van der Waals surface area contributed by atoms with Crippen molar-refractivity contribution >= 4 is 17.4 Å². The van der Waals surface area contributed by atoms with Crippen molar-refractivity contribution < 1.29 is 14.7 Å². The van der Waals surface area contributed by atoms with Crippen LogP contribution in [-0.2, 0) is 6.54 Å². The standard InChI is InChI=1S/C32H32N2O4/c1-31(2)26(23-9-11-24(12-10-23)30(37)38)15-17-32(3)21-33(18-16-27(31)32)29(36)25-13-14-28(35)34(20-25)19-22-7-5-4-6-8-22/h4-16,20H,17-19,21H2,1-3H3,(H,37,38)/t32-/m1/s1. The van der Waals surface area contributed by atoms with E-state index in [0.717, 1.165) is 17.5 Å². The second kappa shape index (κ2) is 9.60. The molecule has 2 aliphatic rings. The highest BCUT2D eigenvalue weighted by Crippen LogP contribution is 2.55. The van der Waals surface area contributed by atoms with Gasteiger partial charge in [0.25, 0.3) is 11.5 Å². The Morgan fingerprint density at radius 3 is 2.26 bits per heavy atom. The minimum atomic E-state index is -0.934. The van der Waals surface area contributed by atoms with Crippen molar-refractivity contribution in [2.45, 2.75) is 33.7 Å². The molecule has 0 unspecified atom stereocenters. The fraction of sp³-hybridized carbons (Fsp3) is 0.281. The molecule has 5 rings (SSSR count). The monoisotopic (exact) mass is 508 g/mol. The van der Waals surface area contributed by atoms with Crippen LogP contribution in [0.4, 0.5) is 0 Å². The number of carboxylic acid groups (broad SMARTS) is 1. The first-order chi connectivity index (χ1) is 18.1. The zero-order chi connectivity index (χ0) is 27.1. The van der Waals surface area contributed by atoms with Gasteiger partial charge in [-0.15, -0.1) is 0 Å². The Bertz CT molecular complexity index is 1510. The van der Waals surface area contributed by atoms with E-state index in [2.05, 4.69) is 32.9 Å². The van der Waals surface area contributed by atoms with Crippen molar-refractivity contribution in [3.63, 3.8) is 0 Å². The summed E-state index contributed by atoms with van der Waals surface area (Å²) < 4.78 is 1.59. The topological polar surface area (TPSA) is 79.6 Å². The molecule has 1 N–H and O–H groups in total. The Balaban J connectivity index is 1.38. The molecule has 1 aliphatic heterocycles. The molecule has 0 bridgehead atoms. The lowest BCUT2D eigenvalue weighted by Crippen LogP contribution is -2.48. The molecular weight excluding hydrogens is 476 g/mol. The molecular formula is C32H32N2O4. The van der Waals surface area contributed by atoms with Crippen LogP contribution < -0.4 is 5.56 Å². The number of pyridine rings is 1. The van der Waals surface area contributed by atoms with Crippen LogP contribution in [0.1, 0.15) is 59.0 Å². The van der Waals surface area contributed by atoms with Gasteiger partial charge in [-0.25, -0.2) is 4.79 Å². The number of carbonyl (C=O) groups excluding carboxylic acids is 1. The van der Waals surface area contributed by atoms with Gasteiger partial charge in [-0.3, -0.25) is 9.59 Å². The van der Waals surface area contributed by atoms with Crippen LogP contribution in [0, 0.1) is 10.8 Å². The van der Waals surface area contributed by atoms with E-state index in [1.165, 1.54) is 17.2 Å². The summed E-state index contributed by atoms with van der Waals surface area (Å²) in [6, 6.07) is 19.9. The number of benzene rings is 2. The number of hydrogen-bond donors (Lipinski definition) is 1. The van der Waals surface area contributed by atoms with Gasteiger partial charge < -0.3 is 14.6 Å². The van der Waals surface area contributed by atoms with Crippen molar-refractivity contribution in [1.82, 2.24) is 9.47 Å². The number of aromatic carboxylic acids is 1. The number of amides is 1. The maximum Gasteiger partial charge on any atom is 0.335 e. The third kappa shape index (κ3) is 4.62. The van der Waals surface area contributed by atoms with Crippen molar-refractivity contribution in [3.05, 3.63) is 123 Å². The molecule has 3 aromatic rings. The summed E-state index contributed by atoms with van der Waals surface area (Å²) in [6.45, 7) is 8.10. The molecule has 6 heteroatoms. The van der Waals surface area contributed by atoms with Crippen LogP contribution in [0.2, 0.25) is 0 Å². The molecule has 0 radical (unpaired) electrons. The quantitative estimate of drug-likeness (QED) is 0.462. The summed E-state index contributed by atoms with van der Waals surface area (Å²) in [5, 5.41) is 9.25. The minimum absolute atomic E-state index is 0.0832. The largest absolute Gasteiger partial charge is 0.478 e. The van der Waals surface area contributed by atoms with Gasteiger partial charge in [-0.05, 0) is 41.3 Å². The number of nitrogens with zero attached hydrogens (tertiary/aromatic N) is 2. The predicted molar refractivity (Wildman–Crippen MR) is 148 cm³/mol. The summed E-state index contributed by atoms with van der Waals surface area (Å²) in [5.74, 6) is -1.02. The first-order valence-electron chi connectivity index (χ1n) is 12.9. The molecule has 2 aromatic carbocycles. The molecule has 0 spiro atoms. The van der Waals surface area contributed by atoms with Crippen LogP contribution in [0.15, 0.2) is 95.4 Å². The Morgan fingerprint density at radius 1 is 0.895 bits per heavy atom. The normalized spacial score (nSPS) is 20.2. The van der Waals surface area contributed by atoms with Crippen molar-refractivity contribution in [1.29, 1.82) is 0 Å². The summed E-state index contributed by atoms with van der Waals surface area (Å²) in [4.78, 5) is 39.2. The summed E-state index contributed by atoms with van der Waals surface area (Å²) >= 11 is 0. The first-order valence-corrected chi connectivity index (χ1v) is 12.9. The molecule has 1 aromatic heterocycles. The van der Waals surface area contributed by atoms with E-state index < -0.39 is 5.97 Å². The van der Waals surface area contributed by atoms with E-state index in [1.807, 2.05) is 47.4 Å². The molecule has 1 aliphatic carbocycles. The van der Waals surface area contributed by atoms with E-state index in [0.29, 0.717) is 25.2 Å². The Hall–Kier alpha value is -4.19. The average molecular weight is 509 g/mol. The second-order valence-electron chi connectivity index (χ2n) is 11.1. The van der Waals surface area contributed by atoms with E-state index in [4.69, 9.17) is 0 Å². The van der Waals surface area contributed by atoms with Gasteiger partial charge in [-0.1, -0.05) is 81.0 Å². The molecule has 0 saturated heterocycles. The fourth-order valence-corrected chi connectivity index (χ4v) is 6.10. The van der Waals surface area contributed by atoms with E-state index >= 15 is 0 Å². The lowest BCUT2D eigenvalue weighted by atomic mass is 9.58. The van der Waals surface area contributed by atoms with Crippen LogP contribution >= 0.6 is 0 Å². The average Bonchev–Trinajstić information content (AvgIpc) is 2.89. The molecule has 1 amide bonds. The van der Waals surface area contributed by atoms with Gasteiger partial charge in [0.05, 0.1) is 17.7 Å². The molecule has 0 fully saturated rings. The van der Waals surface area contributed by atoms with Crippen molar-refractivity contribution in [2.75, 3.05) is 13.1 Å². The number of carboxylic acids is 1. The highest BCUT2D eigenvalue weighted by atomic mass is 16.4. The molecule has 6 nitrogen and oxygen atoms in total. The summed E-state index contributed by atoms with van der Waals surface area (Å²) in [5.41, 5.74) is 4.63. The van der Waals surface area contributed by atoms with Gasteiger partial charge in [0.15, 0.2) is 0 Å². The maximum atomic E-state index is 13.6. The van der Waals surface area contributed by atoms with Gasteiger partial charge in [0, 0.05) is 36.2 Å². The van der Waals surface area contributed by atoms with Crippen LogP contribution in [0.3, 0.4) is 0 Å². The number of fused-ring (bicyclic) bond motifs is 1. The Kier molecular flexibility index (Phi) is 6.43.